The van der Waals surface area contributed by atoms with Crippen molar-refractivity contribution < 1.29 is 23.9 Å². The van der Waals surface area contributed by atoms with Crippen LogP contribution in [-0.4, -0.2) is 37.5 Å². The summed E-state index contributed by atoms with van der Waals surface area (Å²) in [6, 6.07) is 13.8. The zero-order valence-electron chi connectivity index (χ0n) is 16.5. The van der Waals surface area contributed by atoms with Crippen LogP contribution in [0, 0.1) is 5.92 Å². The van der Waals surface area contributed by atoms with Gasteiger partial charge in [-0.1, -0.05) is 12.1 Å². The maximum atomic E-state index is 12.7. The zero-order valence-corrected chi connectivity index (χ0v) is 16.5. The normalized spacial score (nSPS) is 15.9. The minimum atomic E-state index is -0.470. The van der Waals surface area contributed by atoms with Crippen molar-refractivity contribution in [3.8, 4) is 5.75 Å². The highest BCUT2D eigenvalue weighted by atomic mass is 16.5. The monoisotopic (exact) mass is 396 g/mol. The summed E-state index contributed by atoms with van der Waals surface area (Å²) < 4.78 is 10.5. The van der Waals surface area contributed by atoms with Gasteiger partial charge >= 0.3 is 5.97 Å². The van der Waals surface area contributed by atoms with E-state index in [1.807, 2.05) is 31.2 Å². The molecule has 7 nitrogen and oxygen atoms in total. The number of nitrogens with zero attached hydrogens (tertiary/aromatic N) is 1. The number of anilines is 2. The predicted molar refractivity (Wildman–Crippen MR) is 109 cm³/mol. The third-order valence-corrected chi connectivity index (χ3v) is 4.62. The Bertz CT molecular complexity index is 894. The van der Waals surface area contributed by atoms with E-state index in [0.29, 0.717) is 35.9 Å². The van der Waals surface area contributed by atoms with E-state index >= 15 is 0 Å². The molecule has 3 rings (SSSR count). The first kappa shape index (κ1) is 20.4. The number of hydrogen-bond donors (Lipinski definition) is 1. The second kappa shape index (κ2) is 9.23. The van der Waals surface area contributed by atoms with Crippen molar-refractivity contribution in [2.45, 2.75) is 20.3 Å². The maximum Gasteiger partial charge on any atom is 0.338 e. The van der Waals surface area contributed by atoms with Crippen LogP contribution in [0.3, 0.4) is 0 Å². The number of benzene rings is 2. The highest BCUT2D eigenvalue weighted by molar-refractivity contribution is 6.04. The lowest BCUT2D eigenvalue weighted by Crippen LogP contribution is -2.28. The van der Waals surface area contributed by atoms with Crippen LogP contribution in [0.5, 0.6) is 5.75 Å². The number of amides is 2. The van der Waals surface area contributed by atoms with Gasteiger partial charge in [-0.25, -0.2) is 4.79 Å². The molecular weight excluding hydrogens is 372 g/mol. The van der Waals surface area contributed by atoms with Crippen molar-refractivity contribution in [2.24, 2.45) is 5.92 Å². The lowest BCUT2D eigenvalue weighted by atomic mass is 10.1. The van der Waals surface area contributed by atoms with Gasteiger partial charge in [0.15, 0.2) is 0 Å². The van der Waals surface area contributed by atoms with Crippen LogP contribution in [0.1, 0.15) is 30.6 Å². The number of carbonyl (C=O) groups is 3. The van der Waals surface area contributed by atoms with Gasteiger partial charge in [0.25, 0.3) is 0 Å². The van der Waals surface area contributed by atoms with Crippen molar-refractivity contribution in [1.82, 2.24) is 0 Å². The number of esters is 1. The topological polar surface area (TPSA) is 84.9 Å². The molecule has 1 N–H and O–H groups in total. The van der Waals surface area contributed by atoms with Gasteiger partial charge in [-0.15, -0.1) is 0 Å². The molecule has 29 heavy (non-hydrogen) atoms. The Morgan fingerprint density at radius 2 is 1.79 bits per heavy atom. The van der Waals surface area contributed by atoms with Gasteiger partial charge < -0.3 is 19.7 Å². The lowest BCUT2D eigenvalue weighted by Gasteiger charge is -2.20. The van der Waals surface area contributed by atoms with E-state index in [4.69, 9.17) is 9.47 Å². The summed E-state index contributed by atoms with van der Waals surface area (Å²) in [4.78, 5) is 38.5. The summed E-state index contributed by atoms with van der Waals surface area (Å²) in [5.41, 5.74) is 1.65. The number of nitrogens with one attached hydrogen (secondary N) is 1. The predicted octanol–water partition coefficient (Wildman–Crippen LogP) is 3.25. The lowest BCUT2D eigenvalue weighted by molar-refractivity contribution is -0.122. The van der Waals surface area contributed by atoms with Crippen molar-refractivity contribution in [3.05, 3.63) is 54.1 Å². The quantitative estimate of drug-likeness (QED) is 0.726. The number of ether oxygens (including phenoxy) is 2. The van der Waals surface area contributed by atoms with Crippen LogP contribution >= 0.6 is 0 Å². The van der Waals surface area contributed by atoms with Crippen LogP contribution < -0.4 is 15.0 Å². The van der Waals surface area contributed by atoms with E-state index in [1.165, 1.54) is 0 Å². The minimum absolute atomic E-state index is 0.116. The average molecular weight is 396 g/mol. The van der Waals surface area contributed by atoms with Gasteiger partial charge in [0, 0.05) is 18.7 Å². The molecule has 0 unspecified atom stereocenters. The maximum absolute atomic E-state index is 12.7. The Kier molecular flexibility index (Phi) is 6.49. The van der Waals surface area contributed by atoms with Crippen LogP contribution in [-0.2, 0) is 14.3 Å². The molecule has 7 heteroatoms. The molecule has 1 heterocycles. The highest BCUT2D eigenvalue weighted by Gasteiger charge is 2.36. The largest absolute Gasteiger partial charge is 0.492 e. The van der Waals surface area contributed by atoms with E-state index in [0.717, 1.165) is 0 Å². The Morgan fingerprint density at radius 3 is 2.48 bits per heavy atom. The van der Waals surface area contributed by atoms with Gasteiger partial charge in [-0.05, 0) is 50.2 Å². The number of rotatable bonds is 7. The molecule has 0 spiro atoms. The van der Waals surface area contributed by atoms with Crippen LogP contribution in [0.25, 0.3) is 0 Å². The standard InChI is InChI=1S/C22H24N2O5/c1-3-28-19-8-6-5-7-18(19)24-14-16(13-20(24)25)21(26)23-17-11-9-15(10-12-17)22(27)29-4-2/h5-12,16H,3-4,13-14H2,1-2H3,(H,23,26)/t16-/m1/s1. The molecule has 1 atom stereocenters. The molecule has 2 aromatic carbocycles. The van der Waals surface area contributed by atoms with Gasteiger partial charge in [-0.2, -0.15) is 0 Å². The van der Waals surface area contributed by atoms with Crippen molar-refractivity contribution in [2.75, 3.05) is 30.0 Å². The molecule has 2 amide bonds. The van der Waals surface area contributed by atoms with Crippen molar-refractivity contribution in [3.63, 3.8) is 0 Å². The first-order valence-electron chi connectivity index (χ1n) is 9.63. The highest BCUT2D eigenvalue weighted by Crippen LogP contribution is 2.33. The van der Waals surface area contributed by atoms with Gasteiger partial charge in [0.2, 0.25) is 11.8 Å². The molecule has 1 aliphatic rings. The van der Waals surface area contributed by atoms with Crippen LogP contribution in [0.15, 0.2) is 48.5 Å². The summed E-state index contributed by atoms with van der Waals surface area (Å²) in [5, 5.41) is 2.81. The molecule has 0 saturated carbocycles. The Morgan fingerprint density at radius 1 is 1.07 bits per heavy atom. The fourth-order valence-corrected chi connectivity index (χ4v) is 3.22. The van der Waals surface area contributed by atoms with E-state index in [2.05, 4.69) is 5.32 Å². The van der Waals surface area contributed by atoms with Crippen LogP contribution in [0.2, 0.25) is 0 Å². The molecule has 2 aromatic rings. The second-order valence-electron chi connectivity index (χ2n) is 6.59. The van der Waals surface area contributed by atoms with Crippen molar-refractivity contribution in [1.29, 1.82) is 0 Å². The summed E-state index contributed by atoms with van der Waals surface area (Å²) in [6.07, 6.45) is 0.132. The molecule has 0 aromatic heterocycles. The SMILES string of the molecule is CCOC(=O)c1ccc(NC(=O)[C@@H]2CC(=O)N(c3ccccc3OCC)C2)cc1. The van der Waals surface area contributed by atoms with Gasteiger partial charge in [-0.3, -0.25) is 9.59 Å². The molecule has 0 radical (unpaired) electrons. The molecular formula is C22H24N2O5. The number of hydrogen-bond acceptors (Lipinski definition) is 5. The summed E-state index contributed by atoms with van der Waals surface area (Å²) in [7, 11) is 0. The van der Waals surface area contributed by atoms with Gasteiger partial charge in [0.1, 0.15) is 5.75 Å². The summed E-state index contributed by atoms with van der Waals surface area (Å²) in [5.74, 6) is -0.607. The number of para-hydroxylation sites is 2. The Hall–Kier alpha value is -3.35. The summed E-state index contributed by atoms with van der Waals surface area (Å²) in [6.45, 7) is 4.70. The molecule has 1 saturated heterocycles. The third kappa shape index (κ3) is 4.74. The van der Waals surface area contributed by atoms with E-state index in [-0.39, 0.29) is 24.8 Å². The first-order valence-corrected chi connectivity index (χ1v) is 9.63. The summed E-state index contributed by atoms with van der Waals surface area (Å²) >= 11 is 0. The third-order valence-electron chi connectivity index (χ3n) is 4.62. The Balaban J connectivity index is 1.66. The molecule has 1 fully saturated rings. The minimum Gasteiger partial charge on any atom is -0.492 e. The molecule has 152 valence electrons. The number of carbonyl (C=O) groups excluding carboxylic acids is 3. The van der Waals surface area contributed by atoms with Gasteiger partial charge in [0.05, 0.1) is 30.4 Å². The van der Waals surface area contributed by atoms with Crippen molar-refractivity contribution >= 4 is 29.2 Å². The molecule has 0 aliphatic carbocycles. The van der Waals surface area contributed by atoms with Crippen LogP contribution in [0.4, 0.5) is 11.4 Å². The smallest absolute Gasteiger partial charge is 0.338 e. The first-order chi connectivity index (χ1) is 14.0. The Labute approximate surface area is 169 Å². The fourth-order valence-electron chi connectivity index (χ4n) is 3.22. The zero-order chi connectivity index (χ0) is 20.8. The molecule has 0 bridgehead atoms. The average Bonchev–Trinajstić information content (AvgIpc) is 3.11. The van der Waals surface area contributed by atoms with E-state index in [9.17, 15) is 14.4 Å². The second-order valence-corrected chi connectivity index (χ2v) is 6.59. The molecule has 1 aliphatic heterocycles. The fraction of sp³-hybridized carbons (Fsp3) is 0.318. The van der Waals surface area contributed by atoms with E-state index < -0.39 is 11.9 Å². The van der Waals surface area contributed by atoms with E-state index in [1.54, 1.807) is 36.1 Å².